The molecule has 0 aromatic heterocycles. The lowest BCUT2D eigenvalue weighted by Gasteiger charge is -2.30. The van der Waals surface area contributed by atoms with Crippen LogP contribution < -0.4 is 10.2 Å². The van der Waals surface area contributed by atoms with Gasteiger partial charge in [-0.2, -0.15) is 0 Å². The van der Waals surface area contributed by atoms with Gasteiger partial charge in [0.25, 0.3) is 5.91 Å². The molecule has 4 rings (SSSR count). The average Bonchev–Trinajstić information content (AvgIpc) is 3.11. The highest BCUT2D eigenvalue weighted by Crippen LogP contribution is 2.37. The summed E-state index contributed by atoms with van der Waals surface area (Å²) >= 11 is 3.43. The largest absolute Gasteiger partial charge is 0.354 e. The van der Waals surface area contributed by atoms with Crippen LogP contribution in [-0.2, 0) is 16.1 Å². The number of rotatable bonds is 9. The lowest BCUT2D eigenvalue weighted by atomic mass is 10.1. The zero-order chi connectivity index (χ0) is 24.2. The molecular weight excluding hydrogens is 494 g/mol. The van der Waals surface area contributed by atoms with Crippen molar-refractivity contribution in [2.75, 3.05) is 18.0 Å². The summed E-state index contributed by atoms with van der Waals surface area (Å²) in [5, 5.41) is 4.76. The number of unbranched alkanes of at least 4 members (excludes halogenated alkanes) is 1. The van der Waals surface area contributed by atoms with Crippen LogP contribution in [0.5, 0.6) is 0 Å². The van der Waals surface area contributed by atoms with E-state index in [0.29, 0.717) is 12.1 Å². The van der Waals surface area contributed by atoms with Crippen molar-refractivity contribution in [1.82, 2.24) is 10.2 Å². The molecule has 6 nitrogen and oxygen atoms in total. The van der Waals surface area contributed by atoms with E-state index >= 15 is 0 Å². The van der Waals surface area contributed by atoms with Crippen molar-refractivity contribution in [2.45, 2.75) is 39.3 Å². The molecule has 0 radical (unpaired) electrons. The Kier molecular flexibility index (Phi) is 7.32. The quantitative estimate of drug-likeness (QED) is 0.407. The summed E-state index contributed by atoms with van der Waals surface area (Å²) in [5.41, 5.74) is 2.24. The third-order valence-corrected chi connectivity index (χ3v) is 6.73. The molecule has 176 valence electrons. The molecule has 0 fully saturated rings. The van der Waals surface area contributed by atoms with Crippen LogP contribution >= 0.6 is 15.9 Å². The van der Waals surface area contributed by atoms with Gasteiger partial charge in [0.1, 0.15) is 12.6 Å². The van der Waals surface area contributed by atoms with Crippen LogP contribution in [0.25, 0.3) is 10.8 Å². The number of carbonyl (C=O) groups is 3. The van der Waals surface area contributed by atoms with Gasteiger partial charge in [-0.05, 0) is 48.6 Å². The fourth-order valence-electron chi connectivity index (χ4n) is 4.27. The second kappa shape index (κ2) is 10.4. The molecule has 0 unspecified atom stereocenters. The third-order valence-electron chi connectivity index (χ3n) is 6.21. The van der Waals surface area contributed by atoms with Gasteiger partial charge in [-0.1, -0.05) is 65.7 Å². The van der Waals surface area contributed by atoms with Crippen LogP contribution in [0.1, 0.15) is 42.6 Å². The van der Waals surface area contributed by atoms with Gasteiger partial charge in [0.05, 0.1) is 5.69 Å². The summed E-state index contributed by atoms with van der Waals surface area (Å²) in [6, 6.07) is 18.3. The molecule has 0 aliphatic carbocycles. The maximum Gasteiger partial charge on any atom is 0.259 e. The second-order valence-electron chi connectivity index (χ2n) is 8.54. The fourth-order valence-corrected chi connectivity index (χ4v) is 4.53. The van der Waals surface area contributed by atoms with E-state index in [4.69, 9.17) is 0 Å². The third kappa shape index (κ3) is 4.85. The number of carbonyl (C=O) groups excluding carboxylic acids is 3. The zero-order valence-corrected chi connectivity index (χ0v) is 21.0. The molecule has 0 bridgehead atoms. The highest BCUT2D eigenvalue weighted by molar-refractivity contribution is 9.10. The molecule has 0 saturated carbocycles. The number of nitrogens with zero attached hydrogens (tertiary/aromatic N) is 2. The molecule has 1 N–H and O–H groups in total. The van der Waals surface area contributed by atoms with E-state index in [9.17, 15) is 14.4 Å². The number of amides is 3. The molecule has 1 aliphatic heterocycles. The van der Waals surface area contributed by atoms with Crippen molar-refractivity contribution in [3.63, 3.8) is 0 Å². The van der Waals surface area contributed by atoms with Gasteiger partial charge < -0.3 is 10.2 Å². The van der Waals surface area contributed by atoms with Crippen LogP contribution in [0.15, 0.2) is 65.1 Å². The normalized spacial score (nSPS) is 13.3. The first-order valence-corrected chi connectivity index (χ1v) is 12.3. The smallest absolute Gasteiger partial charge is 0.259 e. The van der Waals surface area contributed by atoms with Crippen molar-refractivity contribution in [1.29, 1.82) is 0 Å². The minimum atomic E-state index is -0.677. The topological polar surface area (TPSA) is 69.7 Å². The Balaban J connectivity index is 1.59. The van der Waals surface area contributed by atoms with E-state index in [1.807, 2.05) is 54.6 Å². The van der Waals surface area contributed by atoms with Crippen molar-refractivity contribution in [3.8, 4) is 0 Å². The fraction of sp³-hybridized carbons (Fsp3) is 0.296. The number of hydrogen-bond donors (Lipinski definition) is 1. The van der Waals surface area contributed by atoms with Gasteiger partial charge in [-0.25, -0.2) is 0 Å². The molecule has 3 aromatic rings. The van der Waals surface area contributed by atoms with Crippen LogP contribution in [0.3, 0.4) is 0 Å². The number of benzene rings is 3. The Bertz CT molecular complexity index is 1220. The van der Waals surface area contributed by atoms with E-state index < -0.39 is 6.04 Å². The van der Waals surface area contributed by atoms with Gasteiger partial charge in [-0.3, -0.25) is 19.3 Å². The summed E-state index contributed by atoms with van der Waals surface area (Å²) in [4.78, 5) is 42.7. The Labute approximate surface area is 208 Å². The summed E-state index contributed by atoms with van der Waals surface area (Å²) in [6.45, 7) is 4.51. The lowest BCUT2D eigenvalue weighted by Crippen LogP contribution is -2.51. The molecular formula is C27H28BrN3O3. The summed E-state index contributed by atoms with van der Waals surface area (Å²) in [6.07, 6.45) is 1.85. The highest BCUT2D eigenvalue weighted by atomic mass is 79.9. The standard InChI is InChI=1S/C27H28BrN3O3/c1-3-4-15-29-26(33)18(2)30(16-19-11-13-21(28)14-12-19)24(32)17-31-23-10-6-8-20-7-5-9-22(25(20)23)27(31)34/h5-14,18H,3-4,15-17H2,1-2H3,(H,29,33)/t18-/m0/s1. The zero-order valence-electron chi connectivity index (χ0n) is 19.4. The molecule has 1 atom stereocenters. The molecule has 0 saturated heterocycles. The SMILES string of the molecule is CCCCNC(=O)[C@H](C)N(Cc1ccc(Br)cc1)C(=O)CN1C(=O)c2cccc3cccc1c23. The molecule has 3 amide bonds. The van der Waals surface area contributed by atoms with Gasteiger partial charge in [0, 0.05) is 28.5 Å². The van der Waals surface area contributed by atoms with Gasteiger partial charge in [0.2, 0.25) is 11.8 Å². The first-order chi connectivity index (χ1) is 16.4. The minimum absolute atomic E-state index is 0.129. The number of halogens is 1. The molecule has 7 heteroatoms. The Morgan fingerprint density at radius 1 is 1.06 bits per heavy atom. The first-order valence-electron chi connectivity index (χ1n) is 11.6. The number of hydrogen-bond acceptors (Lipinski definition) is 3. The average molecular weight is 522 g/mol. The lowest BCUT2D eigenvalue weighted by molar-refractivity contribution is -0.139. The maximum absolute atomic E-state index is 13.6. The van der Waals surface area contributed by atoms with Crippen molar-refractivity contribution in [2.24, 2.45) is 0 Å². The Hall–Kier alpha value is -3.19. The van der Waals surface area contributed by atoms with Crippen LogP contribution in [-0.4, -0.2) is 41.8 Å². The van der Waals surface area contributed by atoms with Crippen molar-refractivity contribution in [3.05, 3.63) is 76.3 Å². The summed E-state index contributed by atoms with van der Waals surface area (Å²) < 4.78 is 0.938. The molecule has 0 spiro atoms. The van der Waals surface area contributed by atoms with Crippen LogP contribution in [0.2, 0.25) is 0 Å². The van der Waals surface area contributed by atoms with E-state index in [2.05, 4.69) is 28.2 Å². The van der Waals surface area contributed by atoms with Crippen molar-refractivity contribution < 1.29 is 14.4 Å². The molecule has 1 heterocycles. The van der Waals surface area contributed by atoms with Gasteiger partial charge >= 0.3 is 0 Å². The maximum atomic E-state index is 13.6. The van der Waals surface area contributed by atoms with Crippen LogP contribution in [0.4, 0.5) is 5.69 Å². The van der Waals surface area contributed by atoms with E-state index in [-0.39, 0.29) is 30.8 Å². The Morgan fingerprint density at radius 2 is 1.76 bits per heavy atom. The predicted molar refractivity (Wildman–Crippen MR) is 138 cm³/mol. The van der Waals surface area contributed by atoms with E-state index in [1.165, 1.54) is 4.90 Å². The van der Waals surface area contributed by atoms with E-state index in [0.717, 1.165) is 39.3 Å². The van der Waals surface area contributed by atoms with Crippen molar-refractivity contribution >= 4 is 50.1 Å². The Morgan fingerprint density at radius 3 is 2.47 bits per heavy atom. The summed E-state index contributed by atoms with van der Waals surface area (Å²) in [5.74, 6) is -0.667. The molecule has 34 heavy (non-hydrogen) atoms. The number of nitrogens with one attached hydrogen (secondary N) is 1. The summed E-state index contributed by atoms with van der Waals surface area (Å²) in [7, 11) is 0. The first kappa shape index (κ1) is 24.0. The van der Waals surface area contributed by atoms with Gasteiger partial charge in [-0.15, -0.1) is 0 Å². The minimum Gasteiger partial charge on any atom is -0.354 e. The predicted octanol–water partition coefficient (Wildman–Crippen LogP) is 4.90. The monoisotopic (exact) mass is 521 g/mol. The molecule has 1 aliphatic rings. The number of anilines is 1. The van der Waals surface area contributed by atoms with Gasteiger partial charge in [0.15, 0.2) is 0 Å². The van der Waals surface area contributed by atoms with E-state index in [1.54, 1.807) is 17.9 Å². The highest BCUT2D eigenvalue weighted by Gasteiger charge is 2.34. The second-order valence-corrected chi connectivity index (χ2v) is 9.46. The van der Waals surface area contributed by atoms with Crippen LogP contribution in [0, 0.1) is 0 Å². The molecule has 3 aromatic carbocycles.